The molecule has 0 saturated heterocycles. The van der Waals surface area contributed by atoms with Gasteiger partial charge in [0.05, 0.1) is 25.2 Å². The zero-order valence-corrected chi connectivity index (χ0v) is 6.62. The van der Waals surface area contributed by atoms with Gasteiger partial charge in [-0.15, -0.1) is 0 Å². The van der Waals surface area contributed by atoms with Gasteiger partial charge in [-0.2, -0.15) is 10.5 Å². The molecule has 60 valence electrons. The van der Waals surface area contributed by atoms with Crippen LogP contribution in [0.3, 0.4) is 0 Å². The van der Waals surface area contributed by atoms with Gasteiger partial charge in [0.1, 0.15) is 0 Å². The molecule has 0 aliphatic heterocycles. The molecule has 0 amide bonds. The second-order valence-electron chi connectivity index (χ2n) is 2.31. The SMILES string of the molecule is CC(CN)N(CC#N)CC#N. The van der Waals surface area contributed by atoms with Gasteiger partial charge < -0.3 is 5.73 Å². The third-order valence-corrected chi connectivity index (χ3v) is 1.51. The topological polar surface area (TPSA) is 76.8 Å². The lowest BCUT2D eigenvalue weighted by molar-refractivity contribution is 0.267. The van der Waals surface area contributed by atoms with Crippen LogP contribution < -0.4 is 5.73 Å². The molecular formula is C7H12N4. The van der Waals surface area contributed by atoms with E-state index in [2.05, 4.69) is 0 Å². The fourth-order valence-corrected chi connectivity index (χ4v) is 0.698. The first-order valence-corrected chi connectivity index (χ1v) is 3.44. The van der Waals surface area contributed by atoms with Crippen molar-refractivity contribution in [1.29, 1.82) is 10.5 Å². The molecule has 0 aliphatic rings. The van der Waals surface area contributed by atoms with Crippen LogP contribution in [0.25, 0.3) is 0 Å². The van der Waals surface area contributed by atoms with Crippen molar-refractivity contribution in [2.45, 2.75) is 13.0 Å². The van der Waals surface area contributed by atoms with Crippen molar-refractivity contribution in [3.63, 3.8) is 0 Å². The van der Waals surface area contributed by atoms with Crippen molar-refractivity contribution in [1.82, 2.24) is 4.90 Å². The number of hydrogen-bond acceptors (Lipinski definition) is 4. The van der Waals surface area contributed by atoms with E-state index in [1.54, 1.807) is 4.90 Å². The molecule has 0 saturated carbocycles. The van der Waals surface area contributed by atoms with E-state index in [1.807, 2.05) is 19.1 Å². The highest BCUT2D eigenvalue weighted by atomic mass is 15.1. The first-order chi connectivity index (χ1) is 5.26. The number of nitrogens with zero attached hydrogens (tertiary/aromatic N) is 3. The average molecular weight is 152 g/mol. The largest absolute Gasteiger partial charge is 0.329 e. The fraction of sp³-hybridized carbons (Fsp3) is 0.714. The first-order valence-electron chi connectivity index (χ1n) is 3.44. The summed E-state index contributed by atoms with van der Waals surface area (Å²) in [6.45, 7) is 2.91. The van der Waals surface area contributed by atoms with Crippen molar-refractivity contribution < 1.29 is 0 Å². The van der Waals surface area contributed by atoms with Crippen molar-refractivity contribution in [3.05, 3.63) is 0 Å². The van der Waals surface area contributed by atoms with Crippen LogP contribution in [0.2, 0.25) is 0 Å². The van der Waals surface area contributed by atoms with Gasteiger partial charge >= 0.3 is 0 Å². The summed E-state index contributed by atoms with van der Waals surface area (Å²) in [7, 11) is 0. The van der Waals surface area contributed by atoms with Crippen LogP contribution in [0.1, 0.15) is 6.92 Å². The predicted molar refractivity (Wildman–Crippen MR) is 41.3 cm³/mol. The van der Waals surface area contributed by atoms with Crippen LogP contribution in [-0.2, 0) is 0 Å². The number of rotatable bonds is 4. The van der Waals surface area contributed by atoms with Crippen LogP contribution >= 0.6 is 0 Å². The Morgan fingerprint density at radius 1 is 1.36 bits per heavy atom. The fourth-order valence-electron chi connectivity index (χ4n) is 0.698. The smallest absolute Gasteiger partial charge is 0.0877 e. The van der Waals surface area contributed by atoms with Gasteiger partial charge in [0, 0.05) is 12.6 Å². The first kappa shape index (κ1) is 9.90. The summed E-state index contributed by atoms with van der Waals surface area (Å²) < 4.78 is 0. The third-order valence-electron chi connectivity index (χ3n) is 1.51. The molecule has 0 spiro atoms. The van der Waals surface area contributed by atoms with E-state index >= 15 is 0 Å². The molecule has 0 bridgehead atoms. The molecule has 0 aromatic heterocycles. The zero-order valence-electron chi connectivity index (χ0n) is 6.62. The maximum atomic E-state index is 8.37. The molecule has 0 fully saturated rings. The van der Waals surface area contributed by atoms with Crippen LogP contribution in [0.15, 0.2) is 0 Å². The number of nitrogens with two attached hydrogens (primary N) is 1. The van der Waals surface area contributed by atoms with Crippen molar-refractivity contribution in [2.75, 3.05) is 19.6 Å². The van der Waals surface area contributed by atoms with E-state index in [1.165, 1.54) is 0 Å². The van der Waals surface area contributed by atoms with Crippen LogP contribution in [-0.4, -0.2) is 30.6 Å². The molecule has 0 aromatic rings. The van der Waals surface area contributed by atoms with Gasteiger partial charge in [-0.05, 0) is 6.92 Å². The molecule has 0 radical (unpaired) electrons. The number of hydrogen-bond donors (Lipinski definition) is 1. The van der Waals surface area contributed by atoms with Crippen molar-refractivity contribution >= 4 is 0 Å². The van der Waals surface area contributed by atoms with E-state index in [0.717, 1.165) is 0 Å². The van der Waals surface area contributed by atoms with Crippen LogP contribution in [0, 0.1) is 22.7 Å². The predicted octanol–water partition coefficient (Wildman–Crippen LogP) is -0.317. The van der Waals surface area contributed by atoms with Crippen molar-refractivity contribution in [2.24, 2.45) is 5.73 Å². The van der Waals surface area contributed by atoms with Crippen LogP contribution in [0.5, 0.6) is 0 Å². The molecule has 0 rings (SSSR count). The summed E-state index contributed by atoms with van der Waals surface area (Å²) in [5.74, 6) is 0. The van der Waals surface area contributed by atoms with Crippen molar-refractivity contribution in [3.8, 4) is 12.1 Å². The molecular weight excluding hydrogens is 140 g/mol. The molecule has 1 atom stereocenters. The Labute approximate surface area is 66.8 Å². The van der Waals surface area contributed by atoms with E-state index in [9.17, 15) is 0 Å². The van der Waals surface area contributed by atoms with Gasteiger partial charge in [0.25, 0.3) is 0 Å². The minimum Gasteiger partial charge on any atom is -0.329 e. The average Bonchev–Trinajstić information content (AvgIpc) is 2.03. The molecule has 1 unspecified atom stereocenters. The molecule has 0 aliphatic carbocycles. The summed E-state index contributed by atoms with van der Waals surface area (Å²) >= 11 is 0. The highest BCUT2D eigenvalue weighted by Crippen LogP contribution is 1.94. The molecule has 0 heterocycles. The highest BCUT2D eigenvalue weighted by Gasteiger charge is 2.09. The molecule has 2 N–H and O–H groups in total. The van der Waals surface area contributed by atoms with E-state index in [0.29, 0.717) is 6.54 Å². The van der Waals surface area contributed by atoms with Crippen LogP contribution in [0.4, 0.5) is 0 Å². The van der Waals surface area contributed by atoms with E-state index < -0.39 is 0 Å². The Morgan fingerprint density at radius 3 is 2.09 bits per heavy atom. The normalized spacial score (nSPS) is 12.1. The van der Waals surface area contributed by atoms with Gasteiger partial charge in [0.2, 0.25) is 0 Å². The quantitative estimate of drug-likeness (QED) is 0.560. The maximum absolute atomic E-state index is 8.37. The minimum atomic E-state index is 0.106. The summed E-state index contributed by atoms with van der Waals surface area (Å²) in [5.41, 5.74) is 5.37. The lowest BCUT2D eigenvalue weighted by Crippen LogP contribution is -2.38. The molecule has 11 heavy (non-hydrogen) atoms. The summed E-state index contributed by atoms with van der Waals surface area (Å²) in [5, 5.41) is 16.7. The molecule has 4 nitrogen and oxygen atoms in total. The maximum Gasteiger partial charge on any atom is 0.0877 e. The summed E-state index contributed by atoms with van der Waals surface area (Å²) in [4.78, 5) is 1.74. The van der Waals surface area contributed by atoms with Gasteiger partial charge in [-0.3, -0.25) is 4.90 Å². The lowest BCUT2D eigenvalue weighted by Gasteiger charge is -2.21. The molecule has 0 aromatic carbocycles. The highest BCUT2D eigenvalue weighted by molar-refractivity contribution is 4.86. The minimum absolute atomic E-state index is 0.106. The Bertz CT molecular complexity index is 160. The molecule has 4 heteroatoms. The third kappa shape index (κ3) is 3.57. The van der Waals surface area contributed by atoms with E-state index in [4.69, 9.17) is 16.3 Å². The summed E-state index contributed by atoms with van der Waals surface area (Å²) in [6, 6.07) is 4.08. The summed E-state index contributed by atoms with van der Waals surface area (Å²) in [6.07, 6.45) is 0. The second-order valence-corrected chi connectivity index (χ2v) is 2.31. The second kappa shape index (κ2) is 5.67. The Morgan fingerprint density at radius 2 is 1.82 bits per heavy atom. The Kier molecular flexibility index (Phi) is 5.10. The van der Waals surface area contributed by atoms with Gasteiger partial charge in [-0.1, -0.05) is 0 Å². The zero-order chi connectivity index (χ0) is 8.69. The van der Waals surface area contributed by atoms with Gasteiger partial charge in [-0.25, -0.2) is 0 Å². The lowest BCUT2D eigenvalue weighted by atomic mass is 10.3. The Balaban J connectivity index is 3.91. The number of nitriles is 2. The Hall–Kier alpha value is -1.10. The van der Waals surface area contributed by atoms with Gasteiger partial charge in [0.15, 0.2) is 0 Å². The van der Waals surface area contributed by atoms with E-state index in [-0.39, 0.29) is 19.1 Å². The monoisotopic (exact) mass is 152 g/mol. The standard InChI is InChI=1S/C7H12N4/c1-7(6-10)11(4-2-8)5-3-9/h7H,4-6,10H2,1H3.